The van der Waals surface area contributed by atoms with E-state index in [0.29, 0.717) is 18.3 Å². The van der Waals surface area contributed by atoms with Crippen molar-refractivity contribution in [2.24, 2.45) is 0 Å². The van der Waals surface area contributed by atoms with Gasteiger partial charge in [0.1, 0.15) is 11.9 Å². The van der Waals surface area contributed by atoms with E-state index in [-0.39, 0.29) is 11.7 Å². The fourth-order valence-electron chi connectivity index (χ4n) is 2.55. The number of methoxy groups -OCH3 is 1. The van der Waals surface area contributed by atoms with Gasteiger partial charge in [-0.1, -0.05) is 31.0 Å². The standard InChI is InChI=1S/C14H21N5O2S/c1-21-8-7-19-11-16-18-13(19)22-9-12(20)17-14(10-15)5-3-2-4-6-14/h11H,2-9H2,1H3,(H,17,20). The first-order chi connectivity index (χ1) is 10.7. The molecule has 1 fully saturated rings. The summed E-state index contributed by atoms with van der Waals surface area (Å²) in [6.45, 7) is 1.21. The van der Waals surface area contributed by atoms with E-state index in [0.717, 1.165) is 32.1 Å². The minimum atomic E-state index is -0.681. The molecule has 0 aromatic carbocycles. The van der Waals surface area contributed by atoms with E-state index in [2.05, 4.69) is 21.6 Å². The lowest BCUT2D eigenvalue weighted by Crippen LogP contribution is -2.49. The number of hydrogen-bond donors (Lipinski definition) is 1. The van der Waals surface area contributed by atoms with E-state index in [1.54, 1.807) is 13.4 Å². The SMILES string of the molecule is COCCn1cnnc1SCC(=O)NC1(C#N)CCCCC1. The van der Waals surface area contributed by atoms with Gasteiger partial charge in [-0.25, -0.2) is 0 Å². The number of nitriles is 1. The fraction of sp³-hybridized carbons (Fsp3) is 0.714. The lowest BCUT2D eigenvalue weighted by molar-refractivity contribution is -0.120. The number of amides is 1. The fourth-order valence-corrected chi connectivity index (χ4v) is 3.29. The zero-order chi connectivity index (χ0) is 15.8. The molecule has 0 radical (unpaired) electrons. The van der Waals surface area contributed by atoms with Gasteiger partial charge in [-0.05, 0) is 12.8 Å². The Hall–Kier alpha value is -1.59. The largest absolute Gasteiger partial charge is 0.383 e. The lowest BCUT2D eigenvalue weighted by Gasteiger charge is -2.31. The van der Waals surface area contributed by atoms with Gasteiger partial charge in [0.15, 0.2) is 5.16 Å². The zero-order valence-electron chi connectivity index (χ0n) is 12.7. The Morgan fingerprint density at radius 3 is 3.00 bits per heavy atom. The first kappa shape index (κ1) is 16.8. The van der Waals surface area contributed by atoms with Gasteiger partial charge in [0, 0.05) is 13.7 Å². The number of thioether (sulfide) groups is 1. The second-order valence-electron chi connectivity index (χ2n) is 5.39. The van der Waals surface area contributed by atoms with Crippen molar-refractivity contribution < 1.29 is 9.53 Å². The highest BCUT2D eigenvalue weighted by Crippen LogP contribution is 2.27. The van der Waals surface area contributed by atoms with E-state index in [1.165, 1.54) is 11.8 Å². The van der Waals surface area contributed by atoms with E-state index in [4.69, 9.17) is 4.74 Å². The highest BCUT2D eigenvalue weighted by molar-refractivity contribution is 7.99. The number of aromatic nitrogens is 3. The van der Waals surface area contributed by atoms with Crippen molar-refractivity contribution in [3.05, 3.63) is 6.33 Å². The van der Waals surface area contributed by atoms with Crippen molar-refractivity contribution in [1.82, 2.24) is 20.1 Å². The van der Waals surface area contributed by atoms with Crippen molar-refractivity contribution in [3.8, 4) is 6.07 Å². The minimum absolute atomic E-state index is 0.130. The third-order valence-electron chi connectivity index (χ3n) is 3.75. The molecule has 1 aromatic rings. The smallest absolute Gasteiger partial charge is 0.231 e. The second-order valence-corrected chi connectivity index (χ2v) is 6.33. The summed E-state index contributed by atoms with van der Waals surface area (Å²) in [7, 11) is 1.64. The van der Waals surface area contributed by atoms with Gasteiger partial charge in [-0.15, -0.1) is 10.2 Å². The van der Waals surface area contributed by atoms with Crippen LogP contribution in [0.15, 0.2) is 11.5 Å². The molecule has 1 N–H and O–H groups in total. The molecular weight excluding hydrogens is 302 g/mol. The normalized spacial score (nSPS) is 16.9. The van der Waals surface area contributed by atoms with Crippen LogP contribution in [-0.2, 0) is 16.1 Å². The molecular formula is C14H21N5O2S. The van der Waals surface area contributed by atoms with Crippen molar-refractivity contribution in [2.75, 3.05) is 19.5 Å². The van der Waals surface area contributed by atoms with Gasteiger partial charge in [0.2, 0.25) is 5.91 Å². The number of carbonyl (C=O) groups is 1. The van der Waals surface area contributed by atoms with E-state index in [1.807, 2.05) is 4.57 Å². The number of nitrogens with zero attached hydrogens (tertiary/aromatic N) is 4. The first-order valence-corrected chi connectivity index (χ1v) is 8.39. The molecule has 8 heteroatoms. The topological polar surface area (TPSA) is 92.8 Å². The molecule has 1 heterocycles. The molecule has 2 rings (SSSR count). The Bertz CT molecular complexity index is 534. The van der Waals surface area contributed by atoms with Gasteiger partial charge >= 0.3 is 0 Å². The van der Waals surface area contributed by atoms with Crippen LogP contribution in [0.2, 0.25) is 0 Å². The monoisotopic (exact) mass is 323 g/mol. The maximum absolute atomic E-state index is 12.1. The van der Waals surface area contributed by atoms with Crippen molar-refractivity contribution >= 4 is 17.7 Å². The van der Waals surface area contributed by atoms with Crippen LogP contribution in [-0.4, -0.2) is 45.7 Å². The van der Waals surface area contributed by atoms with Gasteiger partial charge in [0.05, 0.1) is 18.4 Å². The Morgan fingerprint density at radius 2 is 2.32 bits per heavy atom. The molecule has 22 heavy (non-hydrogen) atoms. The molecule has 1 aromatic heterocycles. The summed E-state index contributed by atoms with van der Waals surface area (Å²) >= 11 is 1.32. The molecule has 0 saturated heterocycles. The van der Waals surface area contributed by atoms with Crippen LogP contribution in [0.3, 0.4) is 0 Å². The molecule has 0 unspecified atom stereocenters. The van der Waals surface area contributed by atoms with Crippen molar-refractivity contribution in [2.45, 2.75) is 49.3 Å². The van der Waals surface area contributed by atoms with E-state index in [9.17, 15) is 10.1 Å². The number of hydrogen-bond acceptors (Lipinski definition) is 6. The third kappa shape index (κ3) is 4.45. The number of rotatable bonds is 7. The highest BCUT2D eigenvalue weighted by atomic mass is 32.2. The van der Waals surface area contributed by atoms with Crippen LogP contribution in [0, 0.1) is 11.3 Å². The van der Waals surface area contributed by atoms with E-state index >= 15 is 0 Å². The molecule has 1 aliphatic rings. The number of ether oxygens (including phenoxy) is 1. The van der Waals surface area contributed by atoms with Crippen LogP contribution in [0.1, 0.15) is 32.1 Å². The number of nitrogens with one attached hydrogen (secondary N) is 1. The van der Waals surface area contributed by atoms with Crippen molar-refractivity contribution in [3.63, 3.8) is 0 Å². The second kappa shape index (κ2) is 8.15. The molecule has 0 atom stereocenters. The first-order valence-electron chi connectivity index (χ1n) is 7.41. The Labute approximate surface area is 134 Å². The molecule has 1 aliphatic carbocycles. The van der Waals surface area contributed by atoms with Gasteiger partial charge in [-0.2, -0.15) is 5.26 Å². The van der Waals surface area contributed by atoms with Crippen LogP contribution < -0.4 is 5.32 Å². The highest BCUT2D eigenvalue weighted by Gasteiger charge is 2.33. The molecule has 1 amide bonds. The summed E-state index contributed by atoms with van der Waals surface area (Å²) in [4.78, 5) is 12.1. The summed E-state index contributed by atoms with van der Waals surface area (Å²) in [6, 6.07) is 2.29. The Kier molecular flexibility index (Phi) is 6.21. The third-order valence-corrected chi connectivity index (χ3v) is 4.73. The van der Waals surface area contributed by atoms with Gasteiger partial charge < -0.3 is 14.6 Å². The lowest BCUT2D eigenvalue weighted by atomic mass is 9.83. The molecule has 7 nitrogen and oxygen atoms in total. The zero-order valence-corrected chi connectivity index (χ0v) is 13.6. The summed E-state index contributed by atoms with van der Waals surface area (Å²) in [5.41, 5.74) is -0.681. The predicted molar refractivity (Wildman–Crippen MR) is 82.2 cm³/mol. The van der Waals surface area contributed by atoms with Gasteiger partial charge in [0.25, 0.3) is 0 Å². The molecule has 0 aliphatic heterocycles. The van der Waals surface area contributed by atoms with Crippen LogP contribution >= 0.6 is 11.8 Å². The maximum Gasteiger partial charge on any atom is 0.231 e. The summed E-state index contributed by atoms with van der Waals surface area (Å²) < 4.78 is 6.87. The van der Waals surface area contributed by atoms with Crippen LogP contribution in [0.5, 0.6) is 0 Å². The van der Waals surface area contributed by atoms with Crippen LogP contribution in [0.25, 0.3) is 0 Å². The molecule has 1 saturated carbocycles. The minimum Gasteiger partial charge on any atom is -0.383 e. The Balaban J connectivity index is 1.85. The number of carbonyl (C=O) groups excluding carboxylic acids is 1. The molecule has 120 valence electrons. The quantitative estimate of drug-likeness (QED) is 0.762. The summed E-state index contributed by atoms with van der Waals surface area (Å²) in [5, 5.41) is 20.8. The average molecular weight is 323 g/mol. The van der Waals surface area contributed by atoms with Crippen molar-refractivity contribution in [1.29, 1.82) is 5.26 Å². The maximum atomic E-state index is 12.1. The Morgan fingerprint density at radius 1 is 1.55 bits per heavy atom. The van der Waals surface area contributed by atoms with E-state index < -0.39 is 5.54 Å². The predicted octanol–water partition coefficient (Wildman–Crippen LogP) is 1.36. The van der Waals surface area contributed by atoms with Gasteiger partial charge in [-0.3, -0.25) is 4.79 Å². The average Bonchev–Trinajstić information content (AvgIpc) is 2.99. The molecule has 0 spiro atoms. The summed E-state index contributed by atoms with van der Waals surface area (Å²) in [6.07, 6.45) is 6.22. The molecule has 0 bridgehead atoms. The summed E-state index contributed by atoms with van der Waals surface area (Å²) in [5.74, 6) is 0.101. The van der Waals surface area contributed by atoms with Crippen LogP contribution in [0.4, 0.5) is 0 Å².